The molecule has 3 saturated heterocycles. The van der Waals surface area contributed by atoms with Gasteiger partial charge in [-0.15, -0.1) is 13.2 Å². The third kappa shape index (κ3) is 7.64. The molecule has 1 unspecified atom stereocenters. The summed E-state index contributed by atoms with van der Waals surface area (Å²) in [5.74, 6) is -3.39. The zero-order valence-corrected chi connectivity index (χ0v) is 31.0. The number of likely N-dealkylation sites (tertiary alicyclic amines) is 1. The van der Waals surface area contributed by atoms with Gasteiger partial charge >= 0.3 is 5.97 Å². The van der Waals surface area contributed by atoms with Gasteiger partial charge in [-0.25, -0.2) is 0 Å². The predicted octanol–water partition coefficient (Wildman–Crippen LogP) is 4.55. The quantitative estimate of drug-likeness (QED) is 0.129. The zero-order valence-electron chi connectivity index (χ0n) is 29.4. The number of amides is 3. The van der Waals surface area contributed by atoms with Gasteiger partial charge in [0.05, 0.1) is 24.0 Å². The number of nitrogens with one attached hydrogen (secondary N) is 1. The molecule has 51 heavy (non-hydrogen) atoms. The molecule has 2 bridgehead atoms. The fourth-order valence-corrected chi connectivity index (χ4v) is 8.81. The minimum Gasteiger partial charge on any atom is -0.463 e. The lowest BCUT2D eigenvalue weighted by Gasteiger charge is -2.37. The number of aliphatic hydroxyl groups is 1. The van der Waals surface area contributed by atoms with Crippen LogP contribution >= 0.6 is 15.9 Å². The van der Waals surface area contributed by atoms with E-state index >= 15 is 0 Å². The number of nitrogens with zero attached hydrogens (tertiary/aromatic N) is 3. The van der Waals surface area contributed by atoms with Gasteiger partial charge in [0.15, 0.2) is 0 Å². The summed E-state index contributed by atoms with van der Waals surface area (Å²) in [6, 6.07) is 15.2. The zero-order chi connectivity index (χ0) is 36.7. The Hall–Kier alpha value is -4.00. The fourth-order valence-electron chi connectivity index (χ4n) is 7.86. The van der Waals surface area contributed by atoms with Crippen molar-refractivity contribution in [2.24, 2.45) is 11.8 Å². The maximum absolute atomic E-state index is 14.8. The number of hydrogen-bond donors (Lipinski definition) is 2. The Balaban J connectivity index is 1.47. The number of aliphatic hydroxyl groups excluding tert-OH is 1. The van der Waals surface area contributed by atoms with Gasteiger partial charge in [0.1, 0.15) is 18.2 Å². The predicted molar refractivity (Wildman–Crippen MR) is 199 cm³/mol. The van der Waals surface area contributed by atoms with E-state index in [0.29, 0.717) is 18.5 Å². The molecule has 7 atom stereocenters. The van der Waals surface area contributed by atoms with Crippen molar-refractivity contribution >= 4 is 51.0 Å². The third-order valence-electron chi connectivity index (χ3n) is 10.2. The van der Waals surface area contributed by atoms with Gasteiger partial charge in [0.2, 0.25) is 11.8 Å². The van der Waals surface area contributed by atoms with Gasteiger partial charge in [-0.3, -0.25) is 19.2 Å². The second-order valence-corrected chi connectivity index (χ2v) is 14.4. The summed E-state index contributed by atoms with van der Waals surface area (Å²) >= 11 is 3.74. The number of alkyl halides is 1. The second kappa shape index (κ2) is 17.0. The molecule has 1 spiro atoms. The maximum atomic E-state index is 14.8. The number of benzene rings is 2. The number of rotatable bonds is 18. The molecule has 12 heteroatoms. The van der Waals surface area contributed by atoms with Crippen LogP contribution in [0.2, 0.25) is 0 Å². The average molecular weight is 766 g/mol. The van der Waals surface area contributed by atoms with Crippen molar-refractivity contribution < 1.29 is 33.8 Å². The van der Waals surface area contributed by atoms with Gasteiger partial charge in [-0.1, -0.05) is 58.4 Å². The number of allylic oxidation sites excluding steroid dienone is 1. The SMILES string of the molecule is C=CCCC(=O)OC[C@H](NC(=O)[C@H]1[C@@H]2O[C@@]3(CC2Br)[C@@H]1C(=O)N(CCCO)[C@@H]3C(=O)N(CC=C)c1ccc(N(CC)CC)cc1)c1ccccc1. The normalized spacial score (nSPS) is 25.2. The molecule has 2 aromatic carbocycles. The van der Waals surface area contributed by atoms with E-state index in [0.717, 1.165) is 24.3 Å². The van der Waals surface area contributed by atoms with Crippen LogP contribution in [0.1, 0.15) is 51.1 Å². The molecule has 0 radical (unpaired) electrons. The van der Waals surface area contributed by atoms with Gasteiger partial charge in [0, 0.05) is 55.4 Å². The van der Waals surface area contributed by atoms with Gasteiger partial charge < -0.3 is 34.6 Å². The molecule has 0 aromatic heterocycles. The van der Waals surface area contributed by atoms with Crippen molar-refractivity contribution in [3.8, 4) is 0 Å². The van der Waals surface area contributed by atoms with Gasteiger partial charge in [-0.05, 0) is 62.9 Å². The number of carbonyl (C=O) groups is 4. The van der Waals surface area contributed by atoms with Crippen LogP contribution in [0.15, 0.2) is 79.9 Å². The van der Waals surface area contributed by atoms with E-state index in [4.69, 9.17) is 9.47 Å². The summed E-state index contributed by atoms with van der Waals surface area (Å²) in [5.41, 5.74) is 1.13. The van der Waals surface area contributed by atoms with E-state index in [1.807, 2.05) is 54.6 Å². The van der Waals surface area contributed by atoms with Crippen molar-refractivity contribution in [2.75, 3.05) is 49.2 Å². The first-order valence-electron chi connectivity index (χ1n) is 17.8. The Morgan fingerprint density at radius 1 is 1.10 bits per heavy atom. The van der Waals surface area contributed by atoms with E-state index in [1.165, 1.54) is 4.90 Å². The topological polar surface area (TPSA) is 129 Å². The van der Waals surface area contributed by atoms with Crippen LogP contribution in [-0.2, 0) is 28.7 Å². The highest BCUT2D eigenvalue weighted by Gasteiger charge is 2.76. The summed E-state index contributed by atoms with van der Waals surface area (Å²) in [7, 11) is 0. The molecule has 0 aliphatic carbocycles. The molecular formula is C39H49BrN4O7. The summed E-state index contributed by atoms with van der Waals surface area (Å²) in [5, 5.41) is 12.8. The van der Waals surface area contributed by atoms with Crippen LogP contribution in [0, 0.1) is 11.8 Å². The molecule has 3 amide bonds. The van der Waals surface area contributed by atoms with E-state index in [2.05, 4.69) is 53.2 Å². The van der Waals surface area contributed by atoms with E-state index in [1.54, 1.807) is 17.1 Å². The first kappa shape index (κ1) is 38.2. The minimum atomic E-state index is -1.29. The standard InChI is InChI=1S/C39H49BrN4O7/c1-5-9-16-31(46)50-25-30(26-14-11-10-12-15-26)41-36(47)32-33-37(48)44(22-13-23-45)35(39(33)24-29(40)34(32)51-39)38(49)43(21-6-2)28-19-17-27(18-20-28)42(7-3)8-4/h5-6,10-12,14-15,17-20,29-30,32-35,45H,1-2,7-9,13,16,21-25H2,3-4H3,(H,41,47)/t29?,30-,32+,33-,34+,35+,39-/m0/s1. The van der Waals surface area contributed by atoms with E-state index < -0.39 is 47.5 Å². The van der Waals surface area contributed by atoms with Crippen LogP contribution in [0.25, 0.3) is 0 Å². The molecule has 3 fully saturated rings. The highest BCUT2D eigenvalue weighted by Crippen LogP contribution is 2.60. The number of carbonyl (C=O) groups excluding carboxylic acids is 4. The maximum Gasteiger partial charge on any atom is 0.306 e. The van der Waals surface area contributed by atoms with Crippen molar-refractivity contribution in [3.63, 3.8) is 0 Å². The molecule has 3 aliphatic heterocycles. The minimum absolute atomic E-state index is 0.0984. The highest BCUT2D eigenvalue weighted by molar-refractivity contribution is 9.09. The number of halogens is 1. The number of anilines is 2. The molecule has 0 saturated carbocycles. The van der Waals surface area contributed by atoms with Crippen molar-refractivity contribution in [3.05, 3.63) is 85.5 Å². The lowest BCUT2D eigenvalue weighted by Crippen LogP contribution is -2.57. The van der Waals surface area contributed by atoms with Crippen LogP contribution in [0.4, 0.5) is 11.4 Å². The molecule has 5 rings (SSSR count). The average Bonchev–Trinajstić information content (AvgIpc) is 3.74. The van der Waals surface area contributed by atoms with E-state index in [9.17, 15) is 24.3 Å². The first-order valence-corrected chi connectivity index (χ1v) is 18.7. The van der Waals surface area contributed by atoms with Crippen LogP contribution in [0.3, 0.4) is 0 Å². The fraction of sp³-hybridized carbons (Fsp3) is 0.487. The first-order chi connectivity index (χ1) is 24.6. The number of esters is 1. The molecular weight excluding hydrogens is 716 g/mol. The van der Waals surface area contributed by atoms with Gasteiger partial charge in [-0.2, -0.15) is 0 Å². The Morgan fingerprint density at radius 3 is 2.41 bits per heavy atom. The van der Waals surface area contributed by atoms with Gasteiger partial charge in [0.25, 0.3) is 5.91 Å². The smallest absolute Gasteiger partial charge is 0.306 e. The summed E-state index contributed by atoms with van der Waals surface area (Å²) in [6.07, 6.45) is 3.84. The van der Waals surface area contributed by atoms with Crippen molar-refractivity contribution in [1.29, 1.82) is 0 Å². The molecule has 11 nitrogen and oxygen atoms in total. The largest absolute Gasteiger partial charge is 0.463 e. The summed E-state index contributed by atoms with van der Waals surface area (Å²) in [6.45, 7) is 13.4. The molecule has 3 heterocycles. The number of hydrogen-bond acceptors (Lipinski definition) is 8. The Morgan fingerprint density at radius 2 is 1.78 bits per heavy atom. The van der Waals surface area contributed by atoms with Crippen LogP contribution in [0.5, 0.6) is 0 Å². The number of fused-ring (bicyclic) bond motifs is 1. The Labute approximate surface area is 308 Å². The monoisotopic (exact) mass is 764 g/mol. The molecule has 274 valence electrons. The Kier molecular flexibility index (Phi) is 12.8. The molecule has 2 aromatic rings. The number of ether oxygens (including phenoxy) is 2. The lowest BCUT2D eigenvalue weighted by atomic mass is 9.70. The van der Waals surface area contributed by atoms with Crippen LogP contribution < -0.4 is 15.1 Å². The van der Waals surface area contributed by atoms with Crippen molar-refractivity contribution in [1.82, 2.24) is 10.2 Å². The summed E-state index contributed by atoms with van der Waals surface area (Å²) in [4.78, 5) is 61.1. The molecule has 2 N–H and O–H groups in total. The lowest BCUT2D eigenvalue weighted by molar-refractivity contribution is -0.145. The van der Waals surface area contributed by atoms with E-state index in [-0.39, 0.29) is 55.8 Å². The molecule has 3 aliphatic rings. The summed E-state index contributed by atoms with van der Waals surface area (Å²) < 4.78 is 12.3. The van der Waals surface area contributed by atoms with Crippen LogP contribution in [-0.4, -0.2) is 95.7 Å². The van der Waals surface area contributed by atoms with Crippen molar-refractivity contribution in [2.45, 2.75) is 68.1 Å². The third-order valence-corrected chi connectivity index (χ3v) is 11.1. The second-order valence-electron chi connectivity index (χ2n) is 13.2. The highest BCUT2D eigenvalue weighted by atomic mass is 79.9. The Bertz CT molecular complexity index is 1570.